The summed E-state index contributed by atoms with van der Waals surface area (Å²) in [4.78, 5) is 12.2. The Morgan fingerprint density at radius 3 is 2.65 bits per heavy atom. The first-order chi connectivity index (χ1) is 12.5. The molecule has 0 heterocycles. The number of rotatable bonds is 8. The van der Waals surface area contributed by atoms with E-state index < -0.39 is 12.1 Å². The molecule has 1 unspecified atom stereocenters. The summed E-state index contributed by atoms with van der Waals surface area (Å²) in [5.41, 5.74) is 4.68. The number of halogens is 1. The van der Waals surface area contributed by atoms with Crippen LogP contribution in [0.3, 0.4) is 0 Å². The number of hydrogen-bond acceptors (Lipinski definition) is 5. The maximum Gasteiger partial charge on any atom is 0.354 e. The summed E-state index contributed by atoms with van der Waals surface area (Å²) in [6, 6.07) is 16.1. The zero-order valence-corrected chi connectivity index (χ0v) is 15.2. The summed E-state index contributed by atoms with van der Waals surface area (Å²) in [6.45, 7) is 5.84. The molecule has 2 aromatic carbocycles. The maximum atomic E-state index is 12.2. The number of aliphatic hydroxyl groups is 1. The van der Waals surface area contributed by atoms with Crippen LogP contribution >= 0.6 is 11.6 Å². The topological polar surface area (TPSA) is 70.9 Å². The number of aliphatic hydroxyl groups excluding tert-OH is 1. The molecule has 0 spiro atoms. The molecule has 0 aliphatic carbocycles. The molecule has 1 atom stereocenters. The summed E-state index contributed by atoms with van der Waals surface area (Å²) in [6.07, 6.45) is -0.829. The molecular weight excluding hydrogens is 352 g/mol. The minimum Gasteiger partial charge on any atom is -0.461 e. The monoisotopic (exact) mass is 372 g/mol. The molecule has 0 saturated heterocycles. The van der Waals surface area contributed by atoms with Gasteiger partial charge in [0, 0.05) is 11.4 Å². The molecule has 0 aliphatic heterocycles. The van der Waals surface area contributed by atoms with Gasteiger partial charge in [0.05, 0.1) is 12.3 Å². The number of benzene rings is 2. The zero-order valence-electron chi connectivity index (χ0n) is 14.5. The first-order valence-electron chi connectivity index (χ1n) is 8.17. The SMILES string of the molecule is C=C(C/C(=N\Nc1cccc(Cl)c1)C(=O)OCC)C(O)c1ccccc1. The zero-order chi connectivity index (χ0) is 18.9. The summed E-state index contributed by atoms with van der Waals surface area (Å²) in [7, 11) is 0. The quantitative estimate of drug-likeness (QED) is 0.313. The van der Waals surface area contributed by atoms with Crippen LogP contribution in [0.2, 0.25) is 5.02 Å². The van der Waals surface area contributed by atoms with Gasteiger partial charge in [-0.15, -0.1) is 0 Å². The van der Waals surface area contributed by atoms with E-state index in [1.165, 1.54) is 0 Å². The molecule has 5 nitrogen and oxygen atoms in total. The van der Waals surface area contributed by atoms with Crippen LogP contribution in [-0.4, -0.2) is 23.4 Å². The number of carbonyl (C=O) groups is 1. The van der Waals surface area contributed by atoms with Crippen molar-refractivity contribution in [1.29, 1.82) is 0 Å². The van der Waals surface area contributed by atoms with Crippen LogP contribution in [0.25, 0.3) is 0 Å². The average molecular weight is 373 g/mol. The Bertz CT molecular complexity index is 791. The lowest BCUT2D eigenvalue weighted by molar-refractivity contribution is -0.135. The van der Waals surface area contributed by atoms with Crippen LogP contribution in [0, 0.1) is 0 Å². The van der Waals surface area contributed by atoms with Gasteiger partial charge in [0.15, 0.2) is 0 Å². The third kappa shape index (κ3) is 5.72. The molecule has 6 heteroatoms. The lowest BCUT2D eigenvalue weighted by Gasteiger charge is -2.15. The fraction of sp³-hybridized carbons (Fsp3) is 0.200. The summed E-state index contributed by atoms with van der Waals surface area (Å²) >= 11 is 5.94. The van der Waals surface area contributed by atoms with Crippen molar-refractivity contribution in [1.82, 2.24) is 0 Å². The van der Waals surface area contributed by atoms with Crippen LogP contribution in [0.15, 0.2) is 71.9 Å². The second-order valence-corrected chi connectivity index (χ2v) is 5.99. The lowest BCUT2D eigenvalue weighted by Crippen LogP contribution is -2.21. The number of nitrogens with zero attached hydrogens (tertiary/aromatic N) is 1. The molecule has 0 fully saturated rings. The minimum atomic E-state index is -0.901. The molecule has 0 bridgehead atoms. The van der Waals surface area contributed by atoms with Crippen molar-refractivity contribution in [2.75, 3.05) is 12.0 Å². The van der Waals surface area contributed by atoms with Gasteiger partial charge in [-0.2, -0.15) is 5.10 Å². The van der Waals surface area contributed by atoms with Crippen molar-refractivity contribution >= 4 is 29.0 Å². The first-order valence-corrected chi connectivity index (χ1v) is 8.55. The number of hydrazone groups is 1. The number of hydrogen-bond donors (Lipinski definition) is 2. The van der Waals surface area contributed by atoms with Gasteiger partial charge in [0.2, 0.25) is 0 Å². The van der Waals surface area contributed by atoms with Crippen LogP contribution in [-0.2, 0) is 9.53 Å². The highest BCUT2D eigenvalue weighted by atomic mass is 35.5. The van der Waals surface area contributed by atoms with Gasteiger partial charge in [-0.05, 0) is 36.3 Å². The van der Waals surface area contributed by atoms with E-state index in [1.54, 1.807) is 43.3 Å². The van der Waals surface area contributed by atoms with Gasteiger partial charge in [-0.1, -0.05) is 54.6 Å². The predicted octanol–water partition coefficient (Wildman–Crippen LogP) is 4.35. The highest BCUT2D eigenvalue weighted by molar-refractivity contribution is 6.37. The Kier molecular flexibility index (Phi) is 7.38. The standard InChI is InChI=1S/C20H21ClN2O3/c1-3-26-20(25)18(23-22-17-11-7-10-16(21)13-17)12-14(2)19(24)15-8-5-4-6-9-15/h4-11,13,19,22,24H,2-3,12H2,1H3/b23-18+. The van der Waals surface area contributed by atoms with E-state index in [4.69, 9.17) is 16.3 Å². The molecule has 0 radical (unpaired) electrons. The van der Waals surface area contributed by atoms with Crippen molar-refractivity contribution in [2.24, 2.45) is 5.10 Å². The van der Waals surface area contributed by atoms with Crippen LogP contribution in [0.5, 0.6) is 0 Å². The average Bonchev–Trinajstić information content (AvgIpc) is 2.65. The highest BCUT2D eigenvalue weighted by Gasteiger charge is 2.19. The first kappa shape index (κ1) is 19.7. The Hall–Kier alpha value is -2.63. The lowest BCUT2D eigenvalue weighted by atomic mass is 9.98. The number of carbonyl (C=O) groups excluding carboxylic acids is 1. The minimum absolute atomic E-state index is 0.0719. The largest absolute Gasteiger partial charge is 0.461 e. The van der Waals surface area contributed by atoms with Crippen molar-refractivity contribution in [3.8, 4) is 0 Å². The second kappa shape index (κ2) is 9.75. The number of anilines is 1. The number of esters is 1. The third-order valence-corrected chi connectivity index (χ3v) is 3.79. The summed E-state index contributed by atoms with van der Waals surface area (Å²) < 4.78 is 5.04. The molecule has 2 N–H and O–H groups in total. The molecule has 26 heavy (non-hydrogen) atoms. The Labute approximate surface area is 158 Å². The fourth-order valence-corrected chi connectivity index (χ4v) is 2.43. The van der Waals surface area contributed by atoms with E-state index in [9.17, 15) is 9.90 Å². The Morgan fingerprint density at radius 2 is 2.00 bits per heavy atom. The van der Waals surface area contributed by atoms with E-state index in [-0.39, 0.29) is 18.7 Å². The predicted molar refractivity (Wildman–Crippen MR) is 104 cm³/mol. The van der Waals surface area contributed by atoms with E-state index in [0.29, 0.717) is 21.8 Å². The molecule has 0 amide bonds. The summed E-state index contributed by atoms with van der Waals surface area (Å²) in [5.74, 6) is -0.566. The van der Waals surface area contributed by atoms with Gasteiger partial charge in [0.25, 0.3) is 0 Å². The van der Waals surface area contributed by atoms with Crippen LogP contribution < -0.4 is 5.43 Å². The van der Waals surface area contributed by atoms with Crippen LogP contribution in [0.4, 0.5) is 5.69 Å². The molecule has 2 aromatic rings. The second-order valence-electron chi connectivity index (χ2n) is 5.55. The molecule has 0 aromatic heterocycles. The van der Waals surface area contributed by atoms with Crippen molar-refractivity contribution < 1.29 is 14.6 Å². The number of nitrogens with one attached hydrogen (secondary N) is 1. The molecule has 2 rings (SSSR count). The van der Waals surface area contributed by atoms with E-state index in [0.717, 1.165) is 0 Å². The van der Waals surface area contributed by atoms with E-state index >= 15 is 0 Å². The molecule has 136 valence electrons. The molecule has 0 saturated carbocycles. The maximum absolute atomic E-state index is 12.2. The van der Waals surface area contributed by atoms with Gasteiger partial charge >= 0.3 is 5.97 Å². The van der Waals surface area contributed by atoms with Crippen molar-refractivity contribution in [2.45, 2.75) is 19.4 Å². The molecule has 0 aliphatic rings. The number of ether oxygens (including phenoxy) is 1. The third-order valence-electron chi connectivity index (χ3n) is 3.55. The fourth-order valence-electron chi connectivity index (χ4n) is 2.24. The highest BCUT2D eigenvalue weighted by Crippen LogP contribution is 2.23. The summed E-state index contributed by atoms with van der Waals surface area (Å²) in [5, 5.41) is 15.1. The van der Waals surface area contributed by atoms with Gasteiger partial charge in [-0.25, -0.2) is 4.79 Å². The molecular formula is C20H21ClN2O3. The van der Waals surface area contributed by atoms with Crippen molar-refractivity contribution in [3.05, 3.63) is 77.3 Å². The van der Waals surface area contributed by atoms with Gasteiger partial charge in [-0.3, -0.25) is 5.43 Å². The Morgan fingerprint density at radius 1 is 1.27 bits per heavy atom. The van der Waals surface area contributed by atoms with Gasteiger partial charge < -0.3 is 9.84 Å². The van der Waals surface area contributed by atoms with E-state index in [1.807, 2.05) is 18.2 Å². The van der Waals surface area contributed by atoms with E-state index in [2.05, 4.69) is 17.1 Å². The normalized spacial score (nSPS) is 12.3. The van der Waals surface area contributed by atoms with Crippen LogP contribution in [0.1, 0.15) is 25.0 Å². The Balaban J connectivity index is 2.15. The van der Waals surface area contributed by atoms with Crippen molar-refractivity contribution in [3.63, 3.8) is 0 Å². The smallest absolute Gasteiger partial charge is 0.354 e. The van der Waals surface area contributed by atoms with Gasteiger partial charge in [0.1, 0.15) is 11.8 Å².